The molecule has 1 aliphatic carbocycles. The number of carbonyl (C=O) groups excluding carboxylic acids is 1. The van der Waals surface area contributed by atoms with Gasteiger partial charge in [-0.05, 0) is 12.8 Å². The molecule has 0 spiro atoms. The first-order valence-corrected chi connectivity index (χ1v) is 5.53. The predicted octanol–water partition coefficient (Wildman–Crippen LogP) is 0.354. The van der Waals surface area contributed by atoms with Gasteiger partial charge in [0.1, 0.15) is 11.5 Å². The zero-order valence-electron chi connectivity index (χ0n) is 10.2. The van der Waals surface area contributed by atoms with Crippen LogP contribution < -0.4 is 0 Å². The largest absolute Gasteiger partial charge is 0.481 e. The van der Waals surface area contributed by atoms with Gasteiger partial charge in [0.15, 0.2) is 11.4 Å². The van der Waals surface area contributed by atoms with Crippen molar-refractivity contribution in [3.05, 3.63) is 12.2 Å². The molecule has 0 amide bonds. The lowest BCUT2D eigenvalue weighted by molar-refractivity contribution is -0.186. The summed E-state index contributed by atoms with van der Waals surface area (Å²) in [5.74, 6) is -4.14. The molecular weight excluding hydrogens is 224 g/mol. The van der Waals surface area contributed by atoms with Crippen LogP contribution in [0.25, 0.3) is 0 Å². The lowest BCUT2D eigenvalue weighted by Crippen LogP contribution is -2.59. The Bertz CT molecular complexity index is 384. The van der Waals surface area contributed by atoms with E-state index in [0.717, 1.165) is 6.92 Å². The average Bonchev–Trinajstić information content (AvgIpc) is 2.37. The fraction of sp³-hybridized carbons (Fsp3) is 0.667. The molecule has 4 unspecified atom stereocenters. The predicted molar refractivity (Wildman–Crippen MR) is 60.3 cm³/mol. The molecule has 0 aromatic carbocycles. The third-order valence-corrected chi connectivity index (χ3v) is 3.91. The van der Waals surface area contributed by atoms with Crippen LogP contribution in [0.1, 0.15) is 27.2 Å². The van der Waals surface area contributed by atoms with Crippen LogP contribution in [0.3, 0.4) is 0 Å². The molecule has 17 heavy (non-hydrogen) atoms. The zero-order valence-corrected chi connectivity index (χ0v) is 10.2. The molecule has 0 heterocycles. The summed E-state index contributed by atoms with van der Waals surface area (Å²) >= 11 is 0. The van der Waals surface area contributed by atoms with Crippen LogP contribution >= 0.6 is 0 Å². The van der Waals surface area contributed by atoms with Crippen LogP contribution in [0.4, 0.5) is 0 Å². The third kappa shape index (κ3) is 1.53. The fourth-order valence-electron chi connectivity index (χ4n) is 2.59. The molecule has 0 radical (unpaired) electrons. The Morgan fingerprint density at radius 3 is 2.35 bits per heavy atom. The molecule has 1 aliphatic rings. The number of hydrogen-bond donors (Lipinski definition) is 3. The van der Waals surface area contributed by atoms with E-state index >= 15 is 0 Å². The summed E-state index contributed by atoms with van der Waals surface area (Å²) < 4.78 is 0. The van der Waals surface area contributed by atoms with Crippen LogP contribution in [0, 0.1) is 11.8 Å². The Morgan fingerprint density at radius 2 is 2.00 bits per heavy atom. The minimum atomic E-state index is -2.11. The monoisotopic (exact) mass is 242 g/mol. The summed E-state index contributed by atoms with van der Waals surface area (Å²) in [6.45, 7) is 7.90. The molecule has 5 nitrogen and oxygen atoms in total. The number of hydrogen-bond acceptors (Lipinski definition) is 4. The Balaban J connectivity index is 3.45. The fourth-order valence-corrected chi connectivity index (χ4v) is 2.59. The SMILES string of the molecule is C=C1C(=O)C(C)(O)C(O)(C(C)CC)C1C(=O)O. The Morgan fingerprint density at radius 1 is 1.53 bits per heavy atom. The lowest BCUT2D eigenvalue weighted by Gasteiger charge is -2.40. The van der Waals surface area contributed by atoms with Crippen LogP contribution in [-0.2, 0) is 9.59 Å². The smallest absolute Gasteiger partial charge is 0.314 e. The van der Waals surface area contributed by atoms with Crippen molar-refractivity contribution in [1.82, 2.24) is 0 Å². The van der Waals surface area contributed by atoms with Gasteiger partial charge in [0.25, 0.3) is 0 Å². The summed E-state index contributed by atoms with van der Waals surface area (Å²) in [6, 6.07) is 0. The molecule has 96 valence electrons. The Kier molecular flexibility index (Phi) is 3.20. The first-order valence-electron chi connectivity index (χ1n) is 5.53. The van der Waals surface area contributed by atoms with E-state index in [2.05, 4.69) is 6.58 Å². The molecule has 0 aliphatic heterocycles. The molecule has 5 heteroatoms. The van der Waals surface area contributed by atoms with Crippen molar-refractivity contribution in [2.24, 2.45) is 11.8 Å². The van der Waals surface area contributed by atoms with Gasteiger partial charge in [-0.2, -0.15) is 0 Å². The molecular formula is C12H18O5. The van der Waals surface area contributed by atoms with Crippen LogP contribution in [0.5, 0.6) is 0 Å². The maximum absolute atomic E-state index is 11.8. The summed E-state index contributed by atoms with van der Waals surface area (Å²) in [7, 11) is 0. The summed E-state index contributed by atoms with van der Waals surface area (Å²) in [5, 5.41) is 29.8. The normalized spacial score (nSPS) is 39.5. The second-order valence-corrected chi connectivity index (χ2v) is 4.83. The van der Waals surface area contributed by atoms with E-state index in [1.165, 1.54) is 0 Å². The van der Waals surface area contributed by atoms with Gasteiger partial charge in [0.2, 0.25) is 0 Å². The van der Waals surface area contributed by atoms with Crippen molar-refractivity contribution in [1.29, 1.82) is 0 Å². The molecule has 4 atom stereocenters. The minimum absolute atomic E-state index is 0.245. The minimum Gasteiger partial charge on any atom is -0.481 e. The standard InChI is InChI=1S/C12H18O5/c1-5-6(2)12(17)8(10(14)15)7(3)9(13)11(12,4)16/h6,8,16-17H,3,5H2,1-2,4H3,(H,14,15). The highest BCUT2D eigenvalue weighted by Gasteiger charge is 2.67. The third-order valence-electron chi connectivity index (χ3n) is 3.91. The second-order valence-electron chi connectivity index (χ2n) is 4.83. The van der Waals surface area contributed by atoms with Crippen molar-refractivity contribution < 1.29 is 24.9 Å². The first kappa shape index (κ1) is 13.9. The van der Waals surface area contributed by atoms with E-state index in [0.29, 0.717) is 6.42 Å². The van der Waals surface area contributed by atoms with Crippen molar-refractivity contribution in [2.45, 2.75) is 38.4 Å². The van der Waals surface area contributed by atoms with Gasteiger partial charge >= 0.3 is 5.97 Å². The van der Waals surface area contributed by atoms with Crippen molar-refractivity contribution in [2.75, 3.05) is 0 Å². The zero-order chi connectivity index (χ0) is 13.6. The molecule has 0 bridgehead atoms. The average molecular weight is 242 g/mol. The number of Topliss-reactive ketones (excluding diaryl/α,β-unsaturated/α-hetero) is 1. The van der Waals surface area contributed by atoms with Gasteiger partial charge in [-0.25, -0.2) is 0 Å². The van der Waals surface area contributed by atoms with Gasteiger partial charge in [-0.15, -0.1) is 0 Å². The Labute approximate surface area is 99.8 Å². The number of ketones is 1. The highest BCUT2D eigenvalue weighted by atomic mass is 16.4. The van der Waals surface area contributed by atoms with Gasteiger partial charge in [0, 0.05) is 5.57 Å². The van der Waals surface area contributed by atoms with E-state index in [-0.39, 0.29) is 5.57 Å². The summed E-state index contributed by atoms with van der Waals surface area (Å²) in [5.41, 5.74) is -4.37. The lowest BCUT2D eigenvalue weighted by atomic mass is 9.71. The number of carboxylic acids is 1. The van der Waals surface area contributed by atoms with Crippen molar-refractivity contribution in [3.8, 4) is 0 Å². The number of carboxylic acid groups (broad SMARTS) is 1. The number of aliphatic hydroxyl groups is 2. The van der Waals surface area contributed by atoms with Crippen LogP contribution in [0.15, 0.2) is 12.2 Å². The number of aliphatic carboxylic acids is 1. The van der Waals surface area contributed by atoms with Crippen molar-refractivity contribution >= 4 is 11.8 Å². The molecule has 3 N–H and O–H groups in total. The summed E-state index contributed by atoms with van der Waals surface area (Å²) in [6.07, 6.45) is 0.441. The molecule has 1 fully saturated rings. The van der Waals surface area contributed by atoms with E-state index in [1.54, 1.807) is 13.8 Å². The molecule has 1 rings (SSSR count). The molecule has 0 aromatic rings. The Hall–Kier alpha value is -1.20. The van der Waals surface area contributed by atoms with Gasteiger partial charge in [0.05, 0.1) is 0 Å². The van der Waals surface area contributed by atoms with Crippen LogP contribution in [-0.4, -0.2) is 38.3 Å². The second kappa shape index (κ2) is 3.92. The van der Waals surface area contributed by atoms with E-state index in [9.17, 15) is 19.8 Å². The maximum atomic E-state index is 11.8. The molecule has 0 saturated heterocycles. The van der Waals surface area contributed by atoms with Gasteiger partial charge in [-0.3, -0.25) is 9.59 Å². The van der Waals surface area contributed by atoms with E-state index < -0.39 is 34.8 Å². The highest BCUT2D eigenvalue weighted by molar-refractivity contribution is 6.10. The molecule has 1 saturated carbocycles. The summed E-state index contributed by atoms with van der Waals surface area (Å²) in [4.78, 5) is 23.0. The van der Waals surface area contributed by atoms with Gasteiger partial charge in [-0.1, -0.05) is 26.8 Å². The first-order chi connectivity index (χ1) is 7.62. The number of rotatable bonds is 3. The van der Waals surface area contributed by atoms with E-state index in [1.807, 2.05) is 0 Å². The topological polar surface area (TPSA) is 94.8 Å². The molecule has 0 aromatic heterocycles. The van der Waals surface area contributed by atoms with Crippen LogP contribution in [0.2, 0.25) is 0 Å². The quantitative estimate of drug-likeness (QED) is 0.621. The van der Waals surface area contributed by atoms with Crippen molar-refractivity contribution in [3.63, 3.8) is 0 Å². The van der Waals surface area contributed by atoms with E-state index in [4.69, 9.17) is 5.11 Å². The maximum Gasteiger partial charge on any atom is 0.314 e. The number of carbonyl (C=O) groups is 2. The van der Waals surface area contributed by atoms with Gasteiger partial charge < -0.3 is 15.3 Å². The highest BCUT2D eigenvalue weighted by Crippen LogP contribution is 2.49.